The first-order valence-electron chi connectivity index (χ1n) is 6.42. The van der Waals surface area contributed by atoms with Crippen LogP contribution in [0.1, 0.15) is 0 Å². The number of hydrogen-bond donors (Lipinski definition) is 0. The van der Waals surface area contributed by atoms with E-state index in [-0.39, 0.29) is 0 Å². The van der Waals surface area contributed by atoms with Crippen LogP contribution < -0.4 is 0 Å². The highest BCUT2D eigenvalue weighted by Crippen LogP contribution is 2.37. The SMILES string of the molecule is c1ccc(-c2nc(-c3ccco3)c(-c3cccs3)o2)nc1. The summed E-state index contributed by atoms with van der Waals surface area (Å²) in [6, 6.07) is 13.3. The van der Waals surface area contributed by atoms with Gasteiger partial charge in [0, 0.05) is 6.20 Å². The third-order valence-corrected chi connectivity index (χ3v) is 3.88. The van der Waals surface area contributed by atoms with E-state index in [1.54, 1.807) is 23.8 Å². The number of rotatable bonds is 3. The average molecular weight is 294 g/mol. The van der Waals surface area contributed by atoms with Gasteiger partial charge in [-0.05, 0) is 35.7 Å². The fourth-order valence-corrected chi connectivity index (χ4v) is 2.78. The van der Waals surface area contributed by atoms with Crippen molar-refractivity contribution in [3.63, 3.8) is 0 Å². The molecule has 4 heterocycles. The van der Waals surface area contributed by atoms with Crippen molar-refractivity contribution >= 4 is 11.3 Å². The van der Waals surface area contributed by atoms with Gasteiger partial charge in [0.15, 0.2) is 17.2 Å². The Morgan fingerprint density at radius 1 is 1.00 bits per heavy atom. The summed E-state index contributed by atoms with van der Waals surface area (Å²) in [4.78, 5) is 9.86. The van der Waals surface area contributed by atoms with E-state index in [2.05, 4.69) is 9.97 Å². The van der Waals surface area contributed by atoms with Gasteiger partial charge < -0.3 is 8.83 Å². The number of hydrogen-bond acceptors (Lipinski definition) is 5. The van der Waals surface area contributed by atoms with Gasteiger partial charge in [-0.3, -0.25) is 4.98 Å². The normalized spacial score (nSPS) is 10.9. The van der Waals surface area contributed by atoms with Crippen LogP contribution >= 0.6 is 11.3 Å². The molecule has 0 atom stereocenters. The quantitative estimate of drug-likeness (QED) is 0.548. The molecule has 0 radical (unpaired) electrons. The molecule has 0 N–H and O–H groups in total. The van der Waals surface area contributed by atoms with Crippen molar-refractivity contribution in [1.82, 2.24) is 9.97 Å². The molecular weight excluding hydrogens is 284 g/mol. The number of nitrogens with zero attached hydrogens (tertiary/aromatic N) is 2. The molecule has 0 fully saturated rings. The molecule has 4 aromatic heterocycles. The molecule has 0 aromatic carbocycles. The molecule has 5 heteroatoms. The molecule has 0 saturated carbocycles. The summed E-state index contributed by atoms with van der Waals surface area (Å²) in [6.07, 6.45) is 3.35. The van der Waals surface area contributed by atoms with Crippen molar-refractivity contribution in [2.24, 2.45) is 0 Å². The standard InChI is InChI=1S/C16H10N2O2S/c1-2-8-17-11(5-1)16-18-14(12-6-3-9-19-12)15(20-16)13-7-4-10-21-13/h1-10H. The second kappa shape index (κ2) is 5.03. The van der Waals surface area contributed by atoms with Crippen molar-refractivity contribution in [2.45, 2.75) is 0 Å². The maximum Gasteiger partial charge on any atom is 0.246 e. The van der Waals surface area contributed by atoms with Crippen LogP contribution in [0.4, 0.5) is 0 Å². The minimum Gasteiger partial charge on any atom is -0.463 e. The Morgan fingerprint density at radius 2 is 2.00 bits per heavy atom. The zero-order chi connectivity index (χ0) is 14.1. The lowest BCUT2D eigenvalue weighted by Crippen LogP contribution is -1.81. The van der Waals surface area contributed by atoms with Crippen molar-refractivity contribution in [1.29, 1.82) is 0 Å². The fraction of sp³-hybridized carbons (Fsp3) is 0. The van der Waals surface area contributed by atoms with Crippen LogP contribution in [0.5, 0.6) is 0 Å². The third kappa shape index (κ3) is 2.17. The van der Waals surface area contributed by atoms with E-state index in [0.717, 1.165) is 4.88 Å². The van der Waals surface area contributed by atoms with Gasteiger partial charge in [-0.25, -0.2) is 4.98 Å². The number of pyridine rings is 1. The monoisotopic (exact) mass is 294 g/mol. The Morgan fingerprint density at radius 3 is 2.71 bits per heavy atom. The Hall–Kier alpha value is -2.66. The van der Waals surface area contributed by atoms with Crippen LogP contribution in [0.2, 0.25) is 0 Å². The van der Waals surface area contributed by atoms with Crippen LogP contribution in [0, 0.1) is 0 Å². The first-order valence-corrected chi connectivity index (χ1v) is 7.30. The molecule has 0 aliphatic carbocycles. The molecule has 0 saturated heterocycles. The molecule has 0 amide bonds. The second-order valence-electron chi connectivity index (χ2n) is 4.37. The zero-order valence-corrected chi connectivity index (χ0v) is 11.7. The summed E-state index contributed by atoms with van der Waals surface area (Å²) in [5.41, 5.74) is 1.40. The molecule has 102 valence electrons. The van der Waals surface area contributed by atoms with Crippen molar-refractivity contribution < 1.29 is 8.83 Å². The van der Waals surface area contributed by atoms with Gasteiger partial charge in [-0.2, -0.15) is 0 Å². The van der Waals surface area contributed by atoms with Gasteiger partial charge >= 0.3 is 0 Å². The average Bonchev–Trinajstić information content (AvgIpc) is 3.27. The molecule has 0 spiro atoms. The van der Waals surface area contributed by atoms with Gasteiger partial charge in [-0.15, -0.1) is 11.3 Å². The summed E-state index contributed by atoms with van der Waals surface area (Å²) < 4.78 is 11.4. The predicted octanol–water partition coefficient (Wildman–Crippen LogP) is 4.73. The van der Waals surface area contributed by atoms with E-state index < -0.39 is 0 Å². The highest BCUT2D eigenvalue weighted by Gasteiger charge is 2.20. The molecule has 4 rings (SSSR count). The number of thiophene rings is 1. The van der Waals surface area contributed by atoms with Crippen LogP contribution in [0.3, 0.4) is 0 Å². The molecule has 21 heavy (non-hydrogen) atoms. The van der Waals surface area contributed by atoms with Gasteiger partial charge in [0.1, 0.15) is 5.69 Å². The summed E-state index contributed by atoms with van der Waals surface area (Å²) in [7, 11) is 0. The Kier molecular flexibility index (Phi) is 2.90. The molecule has 0 aliphatic rings. The Balaban J connectivity index is 1.91. The van der Waals surface area contributed by atoms with Gasteiger partial charge in [0.05, 0.1) is 11.1 Å². The highest BCUT2D eigenvalue weighted by molar-refractivity contribution is 7.13. The van der Waals surface area contributed by atoms with Crippen LogP contribution in [-0.4, -0.2) is 9.97 Å². The third-order valence-electron chi connectivity index (χ3n) is 3.01. The lowest BCUT2D eigenvalue weighted by molar-refractivity contribution is 0.575. The van der Waals surface area contributed by atoms with E-state index in [1.165, 1.54) is 0 Å². The van der Waals surface area contributed by atoms with E-state index in [0.29, 0.717) is 28.8 Å². The number of oxazole rings is 1. The van der Waals surface area contributed by atoms with E-state index in [9.17, 15) is 0 Å². The number of aromatic nitrogens is 2. The van der Waals surface area contributed by atoms with E-state index >= 15 is 0 Å². The molecule has 0 aliphatic heterocycles. The predicted molar refractivity (Wildman–Crippen MR) is 80.7 cm³/mol. The zero-order valence-electron chi connectivity index (χ0n) is 10.9. The minimum atomic E-state index is 0.491. The van der Waals surface area contributed by atoms with E-state index in [4.69, 9.17) is 8.83 Å². The first kappa shape index (κ1) is 12.1. The van der Waals surface area contributed by atoms with E-state index in [1.807, 2.05) is 47.8 Å². The van der Waals surface area contributed by atoms with Crippen LogP contribution in [0.25, 0.3) is 33.7 Å². The van der Waals surface area contributed by atoms with Crippen LogP contribution in [0.15, 0.2) is 69.1 Å². The minimum absolute atomic E-state index is 0.491. The smallest absolute Gasteiger partial charge is 0.246 e. The van der Waals surface area contributed by atoms with Crippen molar-refractivity contribution in [2.75, 3.05) is 0 Å². The van der Waals surface area contributed by atoms with Crippen molar-refractivity contribution in [3.8, 4) is 33.7 Å². The lowest BCUT2D eigenvalue weighted by atomic mass is 10.2. The summed E-state index contributed by atoms with van der Waals surface area (Å²) in [5.74, 6) is 1.88. The molecular formula is C16H10N2O2S. The maximum atomic E-state index is 5.95. The summed E-state index contributed by atoms with van der Waals surface area (Å²) in [6.45, 7) is 0. The first-order chi connectivity index (χ1) is 10.4. The van der Waals surface area contributed by atoms with Crippen LogP contribution in [-0.2, 0) is 0 Å². The fourth-order valence-electron chi connectivity index (χ4n) is 2.07. The second-order valence-corrected chi connectivity index (χ2v) is 5.31. The molecule has 4 nitrogen and oxygen atoms in total. The Labute approximate surface area is 124 Å². The summed E-state index contributed by atoms with van der Waals surface area (Å²) >= 11 is 1.60. The van der Waals surface area contributed by atoms with Gasteiger partial charge in [-0.1, -0.05) is 12.1 Å². The lowest BCUT2D eigenvalue weighted by Gasteiger charge is -1.94. The number of furan rings is 1. The van der Waals surface area contributed by atoms with Gasteiger partial charge in [0.25, 0.3) is 0 Å². The molecule has 0 bridgehead atoms. The molecule has 4 aromatic rings. The summed E-state index contributed by atoms with van der Waals surface area (Å²) in [5, 5.41) is 2.00. The van der Waals surface area contributed by atoms with Crippen molar-refractivity contribution in [3.05, 3.63) is 60.3 Å². The molecule has 0 unspecified atom stereocenters. The Bertz CT molecular complexity index is 782. The topological polar surface area (TPSA) is 52.1 Å². The maximum absolute atomic E-state index is 5.95. The largest absolute Gasteiger partial charge is 0.463 e. The highest BCUT2D eigenvalue weighted by atomic mass is 32.1. The van der Waals surface area contributed by atoms with Gasteiger partial charge in [0.2, 0.25) is 5.89 Å².